The van der Waals surface area contributed by atoms with E-state index in [1.54, 1.807) is 0 Å². The summed E-state index contributed by atoms with van der Waals surface area (Å²) in [5, 5.41) is 20.3. The summed E-state index contributed by atoms with van der Waals surface area (Å²) in [6.45, 7) is 4.46. The maximum absolute atomic E-state index is 10.7. The first-order valence-corrected chi connectivity index (χ1v) is 9.92. The van der Waals surface area contributed by atoms with Gasteiger partial charge in [0, 0.05) is 6.54 Å². The van der Waals surface area contributed by atoms with Gasteiger partial charge in [0.2, 0.25) is 0 Å². The summed E-state index contributed by atoms with van der Waals surface area (Å²) in [7, 11) is 0. The van der Waals surface area contributed by atoms with E-state index in [-0.39, 0.29) is 12.2 Å². The average molecular weight is 325 g/mol. The molecule has 2 saturated carbocycles. The highest BCUT2D eigenvalue weighted by atomic mass is 16.5. The first-order chi connectivity index (χ1) is 11.2. The highest BCUT2D eigenvalue weighted by Gasteiger charge is 2.33. The molecule has 1 heterocycles. The van der Waals surface area contributed by atoms with Crippen molar-refractivity contribution in [2.45, 2.75) is 82.5 Å². The van der Waals surface area contributed by atoms with E-state index in [0.717, 1.165) is 64.5 Å². The SMILES string of the molecule is OC1CCC(C(O)C2CCC(OCCN3CCCC3)CC2)CC1. The van der Waals surface area contributed by atoms with Crippen LogP contribution in [0.5, 0.6) is 0 Å². The second-order valence-corrected chi connectivity index (χ2v) is 8.02. The molecule has 0 bridgehead atoms. The van der Waals surface area contributed by atoms with Crippen molar-refractivity contribution < 1.29 is 14.9 Å². The topological polar surface area (TPSA) is 52.9 Å². The number of aliphatic hydroxyl groups is 2. The molecule has 1 aliphatic heterocycles. The summed E-state index contributed by atoms with van der Waals surface area (Å²) in [4.78, 5) is 2.51. The van der Waals surface area contributed by atoms with E-state index in [0.29, 0.717) is 17.9 Å². The van der Waals surface area contributed by atoms with Gasteiger partial charge in [0.25, 0.3) is 0 Å². The molecule has 3 rings (SSSR count). The van der Waals surface area contributed by atoms with Crippen molar-refractivity contribution >= 4 is 0 Å². The van der Waals surface area contributed by atoms with E-state index in [2.05, 4.69) is 4.90 Å². The number of aliphatic hydroxyl groups excluding tert-OH is 2. The fourth-order valence-electron chi connectivity index (χ4n) is 4.78. The molecule has 0 aromatic rings. The second kappa shape index (κ2) is 8.80. The largest absolute Gasteiger partial charge is 0.393 e. The van der Waals surface area contributed by atoms with Crippen molar-refractivity contribution in [1.82, 2.24) is 4.90 Å². The van der Waals surface area contributed by atoms with E-state index >= 15 is 0 Å². The Hall–Kier alpha value is -0.160. The van der Waals surface area contributed by atoms with Crippen molar-refractivity contribution in [3.05, 3.63) is 0 Å². The minimum absolute atomic E-state index is 0.127. The summed E-state index contributed by atoms with van der Waals surface area (Å²) in [6, 6.07) is 0. The summed E-state index contributed by atoms with van der Waals surface area (Å²) in [5.41, 5.74) is 0. The van der Waals surface area contributed by atoms with Gasteiger partial charge in [-0.05, 0) is 89.1 Å². The first-order valence-electron chi connectivity index (χ1n) is 9.92. The van der Waals surface area contributed by atoms with Gasteiger partial charge in [-0.15, -0.1) is 0 Å². The molecule has 2 N–H and O–H groups in total. The number of nitrogens with zero attached hydrogens (tertiary/aromatic N) is 1. The molecule has 0 radical (unpaired) electrons. The van der Waals surface area contributed by atoms with Crippen LogP contribution in [-0.4, -0.2) is 59.7 Å². The summed E-state index contributed by atoms with van der Waals surface area (Å²) in [6.07, 6.45) is 11.0. The molecule has 1 saturated heterocycles. The molecule has 1 unspecified atom stereocenters. The summed E-state index contributed by atoms with van der Waals surface area (Å²) >= 11 is 0. The lowest BCUT2D eigenvalue weighted by Gasteiger charge is -2.37. The van der Waals surface area contributed by atoms with Crippen molar-refractivity contribution in [3.8, 4) is 0 Å². The van der Waals surface area contributed by atoms with E-state index in [4.69, 9.17) is 4.74 Å². The zero-order chi connectivity index (χ0) is 16.1. The third-order valence-corrected chi connectivity index (χ3v) is 6.39. The van der Waals surface area contributed by atoms with Crippen LogP contribution in [-0.2, 0) is 4.74 Å². The highest BCUT2D eigenvalue weighted by Crippen LogP contribution is 2.36. The third-order valence-electron chi connectivity index (χ3n) is 6.39. The molecule has 0 aromatic carbocycles. The smallest absolute Gasteiger partial charge is 0.0597 e. The van der Waals surface area contributed by atoms with Gasteiger partial charge in [-0.2, -0.15) is 0 Å². The maximum atomic E-state index is 10.7. The Bertz CT molecular complexity index is 330. The molecule has 4 nitrogen and oxygen atoms in total. The highest BCUT2D eigenvalue weighted by molar-refractivity contribution is 4.85. The van der Waals surface area contributed by atoms with Crippen LogP contribution in [0.4, 0.5) is 0 Å². The quantitative estimate of drug-likeness (QED) is 0.788. The summed E-state index contributed by atoms with van der Waals surface area (Å²) < 4.78 is 6.08. The number of ether oxygens (including phenoxy) is 1. The minimum atomic E-state index is -0.159. The van der Waals surface area contributed by atoms with Crippen LogP contribution in [0.1, 0.15) is 64.2 Å². The fourth-order valence-corrected chi connectivity index (χ4v) is 4.78. The van der Waals surface area contributed by atoms with E-state index in [1.807, 2.05) is 0 Å². The Morgan fingerprint density at radius 3 is 2.04 bits per heavy atom. The van der Waals surface area contributed by atoms with Gasteiger partial charge >= 0.3 is 0 Å². The van der Waals surface area contributed by atoms with Crippen LogP contribution in [0.25, 0.3) is 0 Å². The lowest BCUT2D eigenvalue weighted by Crippen LogP contribution is -2.36. The van der Waals surface area contributed by atoms with Gasteiger partial charge in [0.1, 0.15) is 0 Å². The molecule has 0 amide bonds. The van der Waals surface area contributed by atoms with Crippen molar-refractivity contribution in [3.63, 3.8) is 0 Å². The number of likely N-dealkylation sites (tertiary alicyclic amines) is 1. The second-order valence-electron chi connectivity index (χ2n) is 8.02. The van der Waals surface area contributed by atoms with Crippen molar-refractivity contribution in [2.75, 3.05) is 26.2 Å². The van der Waals surface area contributed by atoms with Crippen LogP contribution in [0.3, 0.4) is 0 Å². The Labute approximate surface area is 141 Å². The lowest BCUT2D eigenvalue weighted by molar-refractivity contribution is -0.0355. The van der Waals surface area contributed by atoms with Crippen LogP contribution in [0.2, 0.25) is 0 Å². The Morgan fingerprint density at radius 2 is 1.43 bits per heavy atom. The van der Waals surface area contributed by atoms with Crippen molar-refractivity contribution in [2.24, 2.45) is 11.8 Å². The predicted molar refractivity (Wildman–Crippen MR) is 91.3 cm³/mol. The summed E-state index contributed by atoms with van der Waals surface area (Å²) in [5.74, 6) is 0.865. The molecule has 0 aromatic heterocycles. The maximum Gasteiger partial charge on any atom is 0.0597 e. The van der Waals surface area contributed by atoms with E-state index in [1.165, 1.54) is 25.9 Å². The number of rotatable bonds is 6. The predicted octanol–water partition coefficient (Wildman–Crippen LogP) is 2.57. The van der Waals surface area contributed by atoms with E-state index < -0.39 is 0 Å². The third kappa shape index (κ3) is 5.15. The van der Waals surface area contributed by atoms with Crippen LogP contribution >= 0.6 is 0 Å². The average Bonchev–Trinajstić information content (AvgIpc) is 3.09. The molecule has 2 aliphatic carbocycles. The molecule has 3 aliphatic rings. The molecule has 0 spiro atoms. The van der Waals surface area contributed by atoms with Gasteiger partial charge < -0.3 is 19.8 Å². The Morgan fingerprint density at radius 1 is 0.870 bits per heavy atom. The van der Waals surface area contributed by atoms with Gasteiger partial charge in [-0.25, -0.2) is 0 Å². The minimum Gasteiger partial charge on any atom is -0.393 e. The van der Waals surface area contributed by atoms with Gasteiger partial charge in [0.05, 0.1) is 24.9 Å². The van der Waals surface area contributed by atoms with E-state index in [9.17, 15) is 10.2 Å². The van der Waals surface area contributed by atoms with Crippen molar-refractivity contribution in [1.29, 1.82) is 0 Å². The molecule has 4 heteroatoms. The first kappa shape index (κ1) is 17.7. The molecule has 1 atom stereocenters. The van der Waals surface area contributed by atoms with Gasteiger partial charge in [0.15, 0.2) is 0 Å². The molecular weight excluding hydrogens is 290 g/mol. The lowest BCUT2D eigenvalue weighted by atomic mass is 9.74. The molecule has 23 heavy (non-hydrogen) atoms. The molecule has 134 valence electrons. The number of hydrogen-bond acceptors (Lipinski definition) is 4. The van der Waals surface area contributed by atoms with Crippen LogP contribution in [0.15, 0.2) is 0 Å². The van der Waals surface area contributed by atoms with Crippen LogP contribution < -0.4 is 0 Å². The Balaban J connectivity index is 1.31. The number of hydrogen-bond donors (Lipinski definition) is 2. The Kier molecular flexibility index (Phi) is 6.75. The monoisotopic (exact) mass is 325 g/mol. The zero-order valence-electron chi connectivity index (χ0n) is 14.5. The fraction of sp³-hybridized carbons (Fsp3) is 1.00. The molecule has 3 fully saturated rings. The van der Waals surface area contributed by atoms with Crippen LogP contribution in [0, 0.1) is 11.8 Å². The molecular formula is C19H35NO3. The van der Waals surface area contributed by atoms with Gasteiger partial charge in [-0.1, -0.05) is 0 Å². The zero-order valence-corrected chi connectivity index (χ0v) is 14.5. The normalized spacial score (nSPS) is 37.8. The van der Waals surface area contributed by atoms with Gasteiger partial charge in [-0.3, -0.25) is 0 Å². The standard InChI is InChI=1S/C19H35NO3/c21-17-7-3-15(4-8-17)19(22)16-5-9-18(10-6-16)23-14-13-20-11-1-2-12-20/h15-19,21-22H,1-14H2.